The van der Waals surface area contributed by atoms with Crippen molar-refractivity contribution in [3.63, 3.8) is 0 Å². The SMILES string of the molecule is N#Cc1c(N)nc2c(c1-c1ccc(OC(F)(F)F)cc1)CCCCCC2. The smallest absolute Gasteiger partial charge is 0.406 e. The maximum Gasteiger partial charge on any atom is 0.573 e. The third kappa shape index (κ3) is 3.90. The van der Waals surface area contributed by atoms with Crippen molar-refractivity contribution in [1.29, 1.82) is 5.26 Å². The van der Waals surface area contributed by atoms with E-state index in [1.54, 1.807) is 0 Å². The average molecular weight is 361 g/mol. The Morgan fingerprint density at radius 1 is 1.04 bits per heavy atom. The molecule has 3 rings (SSSR count). The molecule has 0 saturated carbocycles. The number of nitriles is 1. The summed E-state index contributed by atoms with van der Waals surface area (Å²) in [7, 11) is 0. The molecule has 2 N–H and O–H groups in total. The van der Waals surface area contributed by atoms with Crippen LogP contribution in [0.5, 0.6) is 5.75 Å². The van der Waals surface area contributed by atoms with Crippen LogP contribution in [0.2, 0.25) is 0 Å². The monoisotopic (exact) mass is 361 g/mol. The van der Waals surface area contributed by atoms with Crippen molar-refractivity contribution >= 4 is 5.82 Å². The number of benzene rings is 1. The predicted octanol–water partition coefficient (Wildman–Crippen LogP) is 4.76. The summed E-state index contributed by atoms with van der Waals surface area (Å²) in [5.74, 6) is -0.137. The molecule has 1 aromatic heterocycles. The molecule has 1 aliphatic carbocycles. The summed E-state index contributed by atoms with van der Waals surface area (Å²) in [5, 5.41) is 9.55. The fourth-order valence-electron chi connectivity index (χ4n) is 3.37. The van der Waals surface area contributed by atoms with Gasteiger partial charge < -0.3 is 10.5 Å². The van der Waals surface area contributed by atoms with Crippen LogP contribution in [-0.4, -0.2) is 11.3 Å². The molecule has 0 atom stereocenters. The topological polar surface area (TPSA) is 71.9 Å². The maximum absolute atomic E-state index is 12.4. The second-order valence-corrected chi connectivity index (χ2v) is 6.27. The number of hydrogen-bond donors (Lipinski definition) is 1. The summed E-state index contributed by atoms with van der Waals surface area (Å²) in [6, 6.07) is 7.64. The van der Waals surface area contributed by atoms with Crippen LogP contribution in [0.25, 0.3) is 11.1 Å². The van der Waals surface area contributed by atoms with Gasteiger partial charge in [0.05, 0.1) is 0 Å². The lowest BCUT2D eigenvalue weighted by molar-refractivity contribution is -0.274. The van der Waals surface area contributed by atoms with Crippen molar-refractivity contribution in [3.05, 3.63) is 41.1 Å². The normalized spacial score (nSPS) is 14.7. The number of nitrogen functional groups attached to an aromatic ring is 1. The molecule has 0 radical (unpaired) electrons. The zero-order valence-corrected chi connectivity index (χ0v) is 14.1. The first-order valence-corrected chi connectivity index (χ1v) is 8.46. The van der Waals surface area contributed by atoms with E-state index in [1.165, 1.54) is 24.3 Å². The number of ether oxygens (including phenoxy) is 1. The first-order valence-electron chi connectivity index (χ1n) is 8.46. The molecule has 0 spiro atoms. The lowest BCUT2D eigenvalue weighted by atomic mass is 9.88. The van der Waals surface area contributed by atoms with Crippen LogP contribution in [0, 0.1) is 11.3 Å². The number of pyridine rings is 1. The Bertz CT molecular complexity index is 839. The molecule has 7 heteroatoms. The van der Waals surface area contributed by atoms with Crippen LogP contribution < -0.4 is 10.5 Å². The fourth-order valence-corrected chi connectivity index (χ4v) is 3.37. The van der Waals surface area contributed by atoms with Gasteiger partial charge in [-0.2, -0.15) is 5.26 Å². The first kappa shape index (κ1) is 18.1. The lowest BCUT2D eigenvalue weighted by Crippen LogP contribution is -2.17. The Labute approximate surface area is 149 Å². The number of anilines is 1. The van der Waals surface area contributed by atoms with E-state index in [1.807, 2.05) is 0 Å². The van der Waals surface area contributed by atoms with Gasteiger partial charge in [0.1, 0.15) is 23.2 Å². The summed E-state index contributed by atoms with van der Waals surface area (Å²) in [5.41, 5.74) is 9.43. The molecule has 0 amide bonds. The van der Waals surface area contributed by atoms with Crippen LogP contribution >= 0.6 is 0 Å². The fraction of sp³-hybridized carbons (Fsp3) is 0.368. The molecule has 1 heterocycles. The van der Waals surface area contributed by atoms with Crippen LogP contribution in [0.3, 0.4) is 0 Å². The van der Waals surface area contributed by atoms with Gasteiger partial charge in [-0.1, -0.05) is 25.0 Å². The van der Waals surface area contributed by atoms with Crippen molar-refractivity contribution in [1.82, 2.24) is 4.98 Å². The highest BCUT2D eigenvalue weighted by Crippen LogP contribution is 2.36. The molecular formula is C19H18F3N3O. The van der Waals surface area contributed by atoms with Crippen LogP contribution in [-0.2, 0) is 12.8 Å². The van der Waals surface area contributed by atoms with Crippen molar-refractivity contribution in [2.75, 3.05) is 5.73 Å². The second-order valence-electron chi connectivity index (χ2n) is 6.27. The van der Waals surface area contributed by atoms with Gasteiger partial charge in [-0.3, -0.25) is 0 Å². The highest BCUT2D eigenvalue weighted by atomic mass is 19.4. The van der Waals surface area contributed by atoms with E-state index in [0.717, 1.165) is 49.8 Å². The van der Waals surface area contributed by atoms with Gasteiger partial charge in [0.2, 0.25) is 0 Å². The van der Waals surface area contributed by atoms with Crippen LogP contribution in [0.15, 0.2) is 24.3 Å². The highest BCUT2D eigenvalue weighted by Gasteiger charge is 2.31. The largest absolute Gasteiger partial charge is 0.573 e. The summed E-state index contributed by atoms with van der Waals surface area (Å²) in [6.07, 6.45) is 1.02. The molecular weight excluding hydrogens is 343 g/mol. The molecule has 0 unspecified atom stereocenters. The molecule has 4 nitrogen and oxygen atoms in total. The number of hydrogen-bond acceptors (Lipinski definition) is 4. The van der Waals surface area contributed by atoms with Crippen molar-refractivity contribution < 1.29 is 17.9 Å². The van der Waals surface area contributed by atoms with E-state index in [2.05, 4.69) is 15.8 Å². The highest BCUT2D eigenvalue weighted by molar-refractivity contribution is 5.79. The van der Waals surface area contributed by atoms with Gasteiger partial charge in [-0.15, -0.1) is 13.2 Å². The molecule has 136 valence electrons. The Kier molecular flexibility index (Phi) is 5.03. The number of nitrogens with two attached hydrogens (primary N) is 1. The third-order valence-corrected chi connectivity index (χ3v) is 4.49. The minimum Gasteiger partial charge on any atom is -0.406 e. The molecule has 2 aromatic rings. The number of nitrogens with zero attached hydrogens (tertiary/aromatic N) is 2. The van der Waals surface area contributed by atoms with E-state index < -0.39 is 6.36 Å². The van der Waals surface area contributed by atoms with Crippen LogP contribution in [0.4, 0.5) is 19.0 Å². The summed E-state index contributed by atoms with van der Waals surface area (Å²) in [6.45, 7) is 0. The number of aromatic nitrogens is 1. The van der Waals surface area contributed by atoms with Gasteiger partial charge >= 0.3 is 6.36 Å². The van der Waals surface area contributed by atoms with Crippen molar-refractivity contribution in [3.8, 4) is 22.9 Å². The molecule has 0 fully saturated rings. The van der Waals surface area contributed by atoms with E-state index in [9.17, 15) is 18.4 Å². The summed E-state index contributed by atoms with van der Waals surface area (Å²) >= 11 is 0. The molecule has 0 aliphatic heterocycles. The van der Waals surface area contributed by atoms with Gasteiger partial charge in [0.15, 0.2) is 0 Å². The van der Waals surface area contributed by atoms with E-state index in [4.69, 9.17) is 5.73 Å². The van der Waals surface area contributed by atoms with Gasteiger partial charge in [-0.25, -0.2) is 4.98 Å². The molecule has 0 bridgehead atoms. The molecule has 26 heavy (non-hydrogen) atoms. The standard InChI is InChI=1S/C19H18F3N3O/c20-19(21,22)26-13-9-7-12(8-10-13)17-14-5-3-1-2-4-6-16(14)25-18(24)15(17)11-23/h7-10H,1-6H2,(H2,24,25). The van der Waals surface area contributed by atoms with Crippen molar-refractivity contribution in [2.45, 2.75) is 44.9 Å². The summed E-state index contributed by atoms with van der Waals surface area (Å²) in [4.78, 5) is 4.42. The first-order chi connectivity index (χ1) is 12.4. The Balaban J connectivity index is 2.09. The van der Waals surface area contributed by atoms with Gasteiger partial charge in [0.25, 0.3) is 0 Å². The minimum absolute atomic E-state index is 0.164. The second kappa shape index (κ2) is 7.24. The predicted molar refractivity (Wildman–Crippen MR) is 91.4 cm³/mol. The Hall–Kier alpha value is -2.75. The quantitative estimate of drug-likeness (QED) is 0.837. The minimum atomic E-state index is -4.74. The van der Waals surface area contributed by atoms with Gasteiger partial charge in [-0.05, 0) is 48.9 Å². The zero-order valence-electron chi connectivity index (χ0n) is 14.1. The zero-order chi connectivity index (χ0) is 18.7. The number of rotatable bonds is 2. The number of alkyl halides is 3. The van der Waals surface area contributed by atoms with Crippen molar-refractivity contribution in [2.24, 2.45) is 0 Å². The number of aryl methyl sites for hydroxylation is 1. The van der Waals surface area contributed by atoms with E-state index >= 15 is 0 Å². The number of halogens is 3. The van der Waals surface area contributed by atoms with E-state index in [0.29, 0.717) is 11.1 Å². The third-order valence-electron chi connectivity index (χ3n) is 4.49. The molecule has 0 saturated heterocycles. The van der Waals surface area contributed by atoms with E-state index in [-0.39, 0.29) is 17.1 Å². The molecule has 1 aliphatic rings. The Morgan fingerprint density at radius 3 is 2.31 bits per heavy atom. The Morgan fingerprint density at radius 2 is 1.69 bits per heavy atom. The van der Waals surface area contributed by atoms with Gasteiger partial charge in [0, 0.05) is 11.3 Å². The molecule has 1 aromatic carbocycles. The van der Waals surface area contributed by atoms with Crippen LogP contribution in [0.1, 0.15) is 42.5 Å². The summed E-state index contributed by atoms with van der Waals surface area (Å²) < 4.78 is 41.0. The maximum atomic E-state index is 12.4. The lowest BCUT2D eigenvalue weighted by Gasteiger charge is -2.20. The number of fused-ring (bicyclic) bond motifs is 1. The average Bonchev–Trinajstić information content (AvgIpc) is 2.55.